The number of carbonyl (C=O) groups is 2. The zero-order valence-electron chi connectivity index (χ0n) is 12.6. The Morgan fingerprint density at radius 1 is 1.12 bits per heavy atom. The maximum atomic E-state index is 12.6. The first-order chi connectivity index (χ1) is 11.8. The molecule has 5 nitrogen and oxygen atoms in total. The summed E-state index contributed by atoms with van der Waals surface area (Å²) < 4.78 is 42.5. The molecule has 0 aliphatic rings. The van der Waals surface area contributed by atoms with E-state index in [0.29, 0.717) is 17.3 Å². The van der Waals surface area contributed by atoms with Gasteiger partial charge < -0.3 is 10.1 Å². The molecular weight excluding hydrogens is 337 g/mol. The van der Waals surface area contributed by atoms with E-state index in [-0.39, 0.29) is 5.56 Å². The second kappa shape index (κ2) is 7.49. The van der Waals surface area contributed by atoms with E-state index in [1.54, 1.807) is 12.1 Å². The molecule has 0 fully saturated rings. The van der Waals surface area contributed by atoms with Crippen molar-refractivity contribution in [3.63, 3.8) is 0 Å². The van der Waals surface area contributed by atoms with E-state index >= 15 is 0 Å². The standard InChI is InChI=1S/C17H11F3N2O3/c18-17(19,20)13-5-2-4-12(8-13)16(24)25-10-15(23)22-14-6-1-3-11(7-14)9-21/h1-8H,10H2,(H,22,23). The summed E-state index contributed by atoms with van der Waals surface area (Å²) in [6, 6.07) is 11.7. The summed E-state index contributed by atoms with van der Waals surface area (Å²) in [6.07, 6.45) is -4.58. The summed E-state index contributed by atoms with van der Waals surface area (Å²) in [5.41, 5.74) is -0.633. The molecule has 2 aromatic rings. The number of amides is 1. The molecule has 0 spiro atoms. The molecule has 0 saturated carbocycles. The summed E-state index contributed by atoms with van der Waals surface area (Å²) in [5, 5.41) is 11.2. The Balaban J connectivity index is 1.95. The van der Waals surface area contributed by atoms with Gasteiger partial charge in [0, 0.05) is 5.69 Å². The predicted molar refractivity (Wildman–Crippen MR) is 81.5 cm³/mol. The van der Waals surface area contributed by atoms with Crippen LogP contribution in [0.25, 0.3) is 0 Å². The smallest absolute Gasteiger partial charge is 0.416 e. The Kier molecular flexibility index (Phi) is 5.39. The van der Waals surface area contributed by atoms with Gasteiger partial charge >= 0.3 is 12.1 Å². The summed E-state index contributed by atoms with van der Waals surface area (Å²) in [4.78, 5) is 23.5. The fourth-order valence-electron chi connectivity index (χ4n) is 1.90. The maximum absolute atomic E-state index is 12.6. The SMILES string of the molecule is N#Cc1cccc(NC(=O)COC(=O)c2cccc(C(F)(F)F)c2)c1. The molecule has 0 heterocycles. The lowest BCUT2D eigenvalue weighted by Crippen LogP contribution is -2.21. The lowest BCUT2D eigenvalue weighted by molar-refractivity contribution is -0.137. The molecular formula is C17H11F3N2O3. The first kappa shape index (κ1) is 18.0. The first-order valence-corrected chi connectivity index (χ1v) is 6.94. The van der Waals surface area contributed by atoms with E-state index < -0.39 is 30.2 Å². The largest absolute Gasteiger partial charge is 0.452 e. The lowest BCUT2D eigenvalue weighted by atomic mass is 10.1. The number of alkyl halides is 3. The van der Waals surface area contributed by atoms with Crippen LogP contribution in [0.1, 0.15) is 21.5 Å². The Hall–Kier alpha value is -3.34. The van der Waals surface area contributed by atoms with Gasteiger partial charge in [0.25, 0.3) is 5.91 Å². The molecule has 0 aromatic heterocycles. The van der Waals surface area contributed by atoms with Crippen molar-refractivity contribution in [3.8, 4) is 6.07 Å². The van der Waals surface area contributed by atoms with Gasteiger partial charge in [-0.3, -0.25) is 4.79 Å². The fourth-order valence-corrected chi connectivity index (χ4v) is 1.90. The van der Waals surface area contributed by atoms with Gasteiger partial charge in [-0.05, 0) is 36.4 Å². The summed E-state index contributed by atoms with van der Waals surface area (Å²) in [6.45, 7) is -0.675. The average molecular weight is 348 g/mol. The fraction of sp³-hybridized carbons (Fsp3) is 0.118. The van der Waals surface area contributed by atoms with Crippen molar-refractivity contribution < 1.29 is 27.5 Å². The predicted octanol–water partition coefficient (Wildman–Crippen LogP) is 3.37. The van der Waals surface area contributed by atoms with Gasteiger partial charge in [-0.1, -0.05) is 12.1 Å². The summed E-state index contributed by atoms with van der Waals surface area (Å²) in [7, 11) is 0. The van der Waals surface area contributed by atoms with E-state index in [4.69, 9.17) is 10.00 Å². The minimum atomic E-state index is -4.58. The second-order valence-corrected chi connectivity index (χ2v) is 4.90. The second-order valence-electron chi connectivity index (χ2n) is 4.90. The number of ether oxygens (including phenoxy) is 1. The molecule has 1 amide bonds. The Morgan fingerprint density at radius 2 is 1.84 bits per heavy atom. The van der Waals surface area contributed by atoms with Gasteiger partial charge in [0.05, 0.1) is 22.8 Å². The number of anilines is 1. The minimum absolute atomic E-state index is 0.311. The van der Waals surface area contributed by atoms with Crippen LogP contribution in [0.4, 0.5) is 18.9 Å². The number of esters is 1. The van der Waals surface area contributed by atoms with Crippen LogP contribution in [0.15, 0.2) is 48.5 Å². The van der Waals surface area contributed by atoms with Gasteiger partial charge in [0.2, 0.25) is 0 Å². The van der Waals surface area contributed by atoms with Gasteiger partial charge in [-0.2, -0.15) is 18.4 Å². The molecule has 0 aliphatic heterocycles. The first-order valence-electron chi connectivity index (χ1n) is 6.94. The van der Waals surface area contributed by atoms with E-state index in [2.05, 4.69) is 5.32 Å². The Labute approximate surface area is 140 Å². The molecule has 0 bridgehead atoms. The van der Waals surface area contributed by atoms with Crippen molar-refractivity contribution in [1.29, 1.82) is 5.26 Å². The number of nitrogens with zero attached hydrogens (tertiary/aromatic N) is 1. The van der Waals surface area contributed by atoms with Crippen LogP contribution < -0.4 is 5.32 Å². The van der Waals surface area contributed by atoms with E-state index in [1.807, 2.05) is 6.07 Å². The molecule has 1 N–H and O–H groups in total. The number of nitrogens with one attached hydrogen (secondary N) is 1. The molecule has 0 unspecified atom stereocenters. The highest BCUT2D eigenvalue weighted by Crippen LogP contribution is 2.29. The van der Waals surface area contributed by atoms with Crippen LogP contribution in [0.5, 0.6) is 0 Å². The maximum Gasteiger partial charge on any atom is 0.416 e. The number of benzene rings is 2. The van der Waals surface area contributed by atoms with Crippen molar-refractivity contribution >= 4 is 17.6 Å². The molecule has 2 rings (SSSR count). The van der Waals surface area contributed by atoms with Crippen molar-refractivity contribution in [1.82, 2.24) is 0 Å². The zero-order valence-corrected chi connectivity index (χ0v) is 12.6. The Bertz CT molecular complexity index is 842. The minimum Gasteiger partial charge on any atom is -0.452 e. The number of nitriles is 1. The molecule has 0 radical (unpaired) electrons. The quantitative estimate of drug-likeness (QED) is 0.859. The topological polar surface area (TPSA) is 79.2 Å². The number of carbonyl (C=O) groups excluding carboxylic acids is 2. The van der Waals surface area contributed by atoms with Crippen molar-refractivity contribution in [2.75, 3.05) is 11.9 Å². The van der Waals surface area contributed by atoms with E-state index in [1.165, 1.54) is 12.1 Å². The van der Waals surface area contributed by atoms with Crippen LogP contribution >= 0.6 is 0 Å². The third-order valence-electron chi connectivity index (χ3n) is 3.04. The third kappa shape index (κ3) is 5.07. The van der Waals surface area contributed by atoms with E-state index in [0.717, 1.165) is 18.2 Å². The van der Waals surface area contributed by atoms with Crippen LogP contribution in [-0.2, 0) is 15.7 Å². The highest BCUT2D eigenvalue weighted by Gasteiger charge is 2.31. The van der Waals surface area contributed by atoms with Crippen molar-refractivity contribution in [2.45, 2.75) is 6.18 Å². The van der Waals surface area contributed by atoms with E-state index in [9.17, 15) is 22.8 Å². The molecule has 0 atom stereocenters. The number of hydrogen-bond donors (Lipinski definition) is 1. The highest BCUT2D eigenvalue weighted by molar-refractivity contribution is 5.95. The van der Waals surface area contributed by atoms with Crippen LogP contribution in [0.2, 0.25) is 0 Å². The summed E-state index contributed by atoms with van der Waals surface area (Å²) >= 11 is 0. The van der Waals surface area contributed by atoms with Crippen molar-refractivity contribution in [3.05, 3.63) is 65.2 Å². The van der Waals surface area contributed by atoms with Gasteiger partial charge in [0.1, 0.15) is 0 Å². The Morgan fingerprint density at radius 3 is 2.52 bits per heavy atom. The zero-order chi connectivity index (χ0) is 18.4. The molecule has 128 valence electrons. The number of hydrogen-bond acceptors (Lipinski definition) is 4. The third-order valence-corrected chi connectivity index (χ3v) is 3.04. The molecule has 0 aliphatic carbocycles. The average Bonchev–Trinajstić information content (AvgIpc) is 2.59. The highest BCUT2D eigenvalue weighted by atomic mass is 19.4. The number of halogens is 3. The number of rotatable bonds is 4. The molecule has 25 heavy (non-hydrogen) atoms. The lowest BCUT2D eigenvalue weighted by Gasteiger charge is -2.09. The monoisotopic (exact) mass is 348 g/mol. The molecule has 0 saturated heterocycles. The summed E-state index contributed by atoms with van der Waals surface area (Å²) in [5.74, 6) is -1.73. The van der Waals surface area contributed by atoms with Crippen LogP contribution in [-0.4, -0.2) is 18.5 Å². The van der Waals surface area contributed by atoms with Gasteiger partial charge in [-0.15, -0.1) is 0 Å². The normalized spacial score (nSPS) is 10.6. The van der Waals surface area contributed by atoms with Crippen LogP contribution in [0, 0.1) is 11.3 Å². The van der Waals surface area contributed by atoms with Crippen molar-refractivity contribution in [2.24, 2.45) is 0 Å². The van der Waals surface area contributed by atoms with Gasteiger partial charge in [0.15, 0.2) is 6.61 Å². The molecule has 8 heteroatoms. The van der Waals surface area contributed by atoms with Gasteiger partial charge in [-0.25, -0.2) is 4.79 Å². The molecule has 2 aromatic carbocycles. The van der Waals surface area contributed by atoms with Crippen LogP contribution in [0.3, 0.4) is 0 Å².